The summed E-state index contributed by atoms with van der Waals surface area (Å²) in [5.74, 6) is -0.189. The molecule has 0 bridgehead atoms. The Balaban J connectivity index is 2.60. The molecule has 1 N–H and O–H groups in total. The molecule has 0 spiro atoms. The van der Waals surface area contributed by atoms with Gasteiger partial charge >= 0.3 is 0 Å². The summed E-state index contributed by atoms with van der Waals surface area (Å²) in [5.41, 5.74) is 0.746. The molecule has 1 aromatic rings. The molecule has 0 aliphatic rings. The van der Waals surface area contributed by atoms with Gasteiger partial charge in [-0.25, -0.2) is 0 Å². The molecular formula is C13H15Cl2NO2. The SMILES string of the molecule is COCC(C)NC(=O)/C=C/c1ccc(Cl)cc1Cl. The van der Waals surface area contributed by atoms with Crippen molar-refractivity contribution in [3.8, 4) is 0 Å². The summed E-state index contributed by atoms with van der Waals surface area (Å²) >= 11 is 11.8. The molecule has 1 amide bonds. The number of carbonyl (C=O) groups is 1. The predicted octanol–water partition coefficient (Wildman–Crippen LogP) is 3.16. The monoisotopic (exact) mass is 287 g/mol. The van der Waals surface area contributed by atoms with Crippen molar-refractivity contribution in [3.05, 3.63) is 39.9 Å². The number of halogens is 2. The van der Waals surface area contributed by atoms with E-state index in [1.165, 1.54) is 6.08 Å². The van der Waals surface area contributed by atoms with Gasteiger partial charge in [0, 0.05) is 29.3 Å². The molecule has 0 saturated carbocycles. The molecule has 18 heavy (non-hydrogen) atoms. The molecule has 0 saturated heterocycles. The van der Waals surface area contributed by atoms with Crippen LogP contribution in [0.15, 0.2) is 24.3 Å². The number of benzene rings is 1. The highest BCUT2D eigenvalue weighted by Crippen LogP contribution is 2.21. The standard InChI is InChI=1S/C13H15Cl2NO2/c1-9(8-18-2)16-13(17)6-4-10-3-5-11(14)7-12(10)15/h3-7,9H,8H2,1-2H3,(H,16,17)/b6-4+. The van der Waals surface area contributed by atoms with Gasteiger partial charge in [0.15, 0.2) is 0 Å². The van der Waals surface area contributed by atoms with Gasteiger partial charge < -0.3 is 10.1 Å². The minimum atomic E-state index is -0.189. The molecule has 0 aromatic heterocycles. The van der Waals surface area contributed by atoms with Gasteiger partial charge in [0.05, 0.1) is 6.61 Å². The Kier molecular flexibility index (Phi) is 6.19. The van der Waals surface area contributed by atoms with Gasteiger partial charge in [0.25, 0.3) is 0 Å². The van der Waals surface area contributed by atoms with Gasteiger partial charge in [0.2, 0.25) is 5.91 Å². The Morgan fingerprint density at radius 1 is 1.50 bits per heavy atom. The maximum atomic E-state index is 11.6. The van der Waals surface area contributed by atoms with E-state index in [0.29, 0.717) is 16.7 Å². The van der Waals surface area contributed by atoms with Crippen molar-refractivity contribution >= 4 is 35.2 Å². The fraction of sp³-hybridized carbons (Fsp3) is 0.308. The smallest absolute Gasteiger partial charge is 0.244 e. The summed E-state index contributed by atoms with van der Waals surface area (Å²) in [7, 11) is 1.59. The van der Waals surface area contributed by atoms with Crippen LogP contribution in [0.4, 0.5) is 0 Å². The van der Waals surface area contributed by atoms with E-state index in [0.717, 1.165) is 5.56 Å². The summed E-state index contributed by atoms with van der Waals surface area (Å²) in [6.07, 6.45) is 3.08. The zero-order valence-electron chi connectivity index (χ0n) is 10.2. The van der Waals surface area contributed by atoms with Crippen LogP contribution in [-0.4, -0.2) is 25.7 Å². The molecule has 0 aliphatic heterocycles. The number of hydrogen-bond acceptors (Lipinski definition) is 2. The van der Waals surface area contributed by atoms with Gasteiger partial charge in [-0.1, -0.05) is 29.3 Å². The minimum absolute atomic E-state index is 0.0344. The van der Waals surface area contributed by atoms with Crippen molar-refractivity contribution in [1.29, 1.82) is 0 Å². The van der Waals surface area contributed by atoms with Crippen molar-refractivity contribution in [2.45, 2.75) is 13.0 Å². The summed E-state index contributed by atoms with van der Waals surface area (Å²) in [6, 6.07) is 5.08. The molecule has 0 radical (unpaired) electrons. The van der Waals surface area contributed by atoms with E-state index in [9.17, 15) is 4.79 Å². The molecule has 1 rings (SSSR count). The number of carbonyl (C=O) groups excluding carboxylic acids is 1. The van der Waals surface area contributed by atoms with Crippen LogP contribution in [-0.2, 0) is 9.53 Å². The largest absolute Gasteiger partial charge is 0.383 e. The number of methoxy groups -OCH3 is 1. The quantitative estimate of drug-likeness (QED) is 0.845. The molecule has 0 fully saturated rings. The third-order valence-corrected chi connectivity index (χ3v) is 2.74. The Bertz CT molecular complexity index is 447. The lowest BCUT2D eigenvalue weighted by atomic mass is 10.2. The molecule has 3 nitrogen and oxygen atoms in total. The Morgan fingerprint density at radius 3 is 2.83 bits per heavy atom. The molecule has 1 aromatic carbocycles. The van der Waals surface area contributed by atoms with E-state index in [1.807, 2.05) is 6.92 Å². The zero-order chi connectivity index (χ0) is 13.5. The van der Waals surface area contributed by atoms with Crippen molar-refractivity contribution in [1.82, 2.24) is 5.32 Å². The second-order valence-corrected chi connectivity index (χ2v) is 4.71. The second kappa shape index (κ2) is 7.41. The molecule has 5 heteroatoms. The fourth-order valence-electron chi connectivity index (χ4n) is 1.38. The third-order valence-electron chi connectivity index (χ3n) is 2.18. The average Bonchev–Trinajstić information content (AvgIpc) is 2.28. The number of rotatable bonds is 5. The van der Waals surface area contributed by atoms with E-state index in [4.69, 9.17) is 27.9 Å². The molecule has 0 heterocycles. The maximum Gasteiger partial charge on any atom is 0.244 e. The zero-order valence-corrected chi connectivity index (χ0v) is 11.8. The highest BCUT2D eigenvalue weighted by atomic mass is 35.5. The minimum Gasteiger partial charge on any atom is -0.383 e. The van der Waals surface area contributed by atoms with Crippen molar-refractivity contribution < 1.29 is 9.53 Å². The van der Waals surface area contributed by atoms with E-state index >= 15 is 0 Å². The molecular weight excluding hydrogens is 273 g/mol. The topological polar surface area (TPSA) is 38.3 Å². The molecule has 1 unspecified atom stereocenters. The summed E-state index contributed by atoms with van der Waals surface area (Å²) in [4.78, 5) is 11.6. The Labute approximate surface area is 117 Å². The van der Waals surface area contributed by atoms with E-state index in [-0.39, 0.29) is 11.9 Å². The number of ether oxygens (including phenoxy) is 1. The molecule has 0 aliphatic carbocycles. The molecule has 1 atom stereocenters. The van der Waals surface area contributed by atoms with Crippen LogP contribution in [0.1, 0.15) is 12.5 Å². The van der Waals surface area contributed by atoms with Gasteiger partial charge in [-0.15, -0.1) is 0 Å². The Morgan fingerprint density at radius 2 is 2.22 bits per heavy atom. The van der Waals surface area contributed by atoms with Gasteiger partial charge in [-0.05, 0) is 30.7 Å². The Hall–Kier alpha value is -1.03. The normalized spacial score (nSPS) is 12.7. The van der Waals surface area contributed by atoms with Gasteiger partial charge in [0.1, 0.15) is 0 Å². The van der Waals surface area contributed by atoms with Gasteiger partial charge in [-0.2, -0.15) is 0 Å². The van der Waals surface area contributed by atoms with Crippen LogP contribution in [0.5, 0.6) is 0 Å². The van der Waals surface area contributed by atoms with Crippen LogP contribution in [0.25, 0.3) is 6.08 Å². The first-order valence-electron chi connectivity index (χ1n) is 5.45. The van der Waals surface area contributed by atoms with Crippen molar-refractivity contribution in [2.24, 2.45) is 0 Å². The third kappa shape index (κ3) is 5.08. The average molecular weight is 288 g/mol. The van der Waals surface area contributed by atoms with E-state index in [2.05, 4.69) is 5.32 Å². The lowest BCUT2D eigenvalue weighted by Crippen LogP contribution is -2.34. The van der Waals surface area contributed by atoms with Crippen LogP contribution in [0, 0.1) is 0 Å². The first kappa shape index (κ1) is 15.0. The number of hydrogen-bond donors (Lipinski definition) is 1. The van der Waals surface area contributed by atoms with Crippen molar-refractivity contribution in [3.63, 3.8) is 0 Å². The van der Waals surface area contributed by atoms with Crippen LogP contribution in [0.2, 0.25) is 10.0 Å². The van der Waals surface area contributed by atoms with Crippen molar-refractivity contribution in [2.75, 3.05) is 13.7 Å². The van der Waals surface area contributed by atoms with Crippen LogP contribution < -0.4 is 5.32 Å². The number of amides is 1. The summed E-state index contributed by atoms with van der Waals surface area (Å²) in [6.45, 7) is 2.34. The highest BCUT2D eigenvalue weighted by molar-refractivity contribution is 6.35. The highest BCUT2D eigenvalue weighted by Gasteiger charge is 2.04. The van der Waals surface area contributed by atoms with E-state index < -0.39 is 0 Å². The lowest BCUT2D eigenvalue weighted by Gasteiger charge is -2.10. The van der Waals surface area contributed by atoms with Crippen LogP contribution >= 0.6 is 23.2 Å². The molecule has 98 valence electrons. The lowest BCUT2D eigenvalue weighted by molar-refractivity contribution is -0.117. The van der Waals surface area contributed by atoms with Crippen LogP contribution in [0.3, 0.4) is 0 Å². The van der Waals surface area contributed by atoms with Gasteiger partial charge in [-0.3, -0.25) is 4.79 Å². The predicted molar refractivity (Wildman–Crippen MR) is 75.0 cm³/mol. The summed E-state index contributed by atoms with van der Waals surface area (Å²) < 4.78 is 4.92. The maximum absolute atomic E-state index is 11.6. The number of nitrogens with one attached hydrogen (secondary N) is 1. The fourth-order valence-corrected chi connectivity index (χ4v) is 1.86. The first-order valence-corrected chi connectivity index (χ1v) is 6.21. The second-order valence-electron chi connectivity index (χ2n) is 3.86. The first-order chi connectivity index (χ1) is 8.52. The summed E-state index contributed by atoms with van der Waals surface area (Å²) in [5, 5.41) is 3.84. The van der Waals surface area contributed by atoms with E-state index in [1.54, 1.807) is 31.4 Å².